The van der Waals surface area contributed by atoms with Crippen LogP contribution >= 0.6 is 0 Å². The summed E-state index contributed by atoms with van der Waals surface area (Å²) in [6.07, 6.45) is 0. The van der Waals surface area contributed by atoms with Gasteiger partial charge in [0.2, 0.25) is 0 Å². The van der Waals surface area contributed by atoms with Crippen LogP contribution in [0.15, 0.2) is 29.3 Å². The Morgan fingerprint density at radius 1 is 1.04 bits per heavy atom. The first kappa shape index (κ1) is 22.0. The summed E-state index contributed by atoms with van der Waals surface area (Å²) in [4.78, 5) is 20.2. The minimum Gasteiger partial charge on any atom is -0.355 e. The summed E-state index contributed by atoms with van der Waals surface area (Å²) >= 11 is 0. The van der Waals surface area contributed by atoms with Crippen LogP contribution in [0.2, 0.25) is 0 Å². The van der Waals surface area contributed by atoms with Crippen LogP contribution in [0.5, 0.6) is 0 Å². The summed E-state index contributed by atoms with van der Waals surface area (Å²) in [5.41, 5.74) is 1.80. The largest absolute Gasteiger partial charge is 0.355 e. The average molecular weight is 362 g/mol. The standard InChI is InChI=1S/C20H35N5O/c1-15(2)25(16(3)4)13-12-22-20(21-5)23-14-17-8-10-18(11-9-17)19(26)24(6)7/h8-11,15-16H,12-14H2,1-7H3,(H2,21,22,23). The molecule has 1 aromatic rings. The van der Waals surface area contributed by atoms with Gasteiger partial charge in [-0.1, -0.05) is 12.1 Å². The van der Waals surface area contributed by atoms with Crippen molar-refractivity contribution in [2.45, 2.75) is 46.3 Å². The maximum Gasteiger partial charge on any atom is 0.253 e. The van der Waals surface area contributed by atoms with Gasteiger partial charge in [0, 0.05) is 58.4 Å². The molecule has 1 rings (SSSR count). The van der Waals surface area contributed by atoms with Gasteiger partial charge in [-0.15, -0.1) is 0 Å². The second-order valence-electron chi connectivity index (χ2n) is 7.17. The molecule has 0 bridgehead atoms. The van der Waals surface area contributed by atoms with Gasteiger partial charge in [-0.25, -0.2) is 0 Å². The predicted molar refractivity (Wildman–Crippen MR) is 110 cm³/mol. The van der Waals surface area contributed by atoms with Crippen molar-refractivity contribution in [2.24, 2.45) is 4.99 Å². The van der Waals surface area contributed by atoms with Gasteiger partial charge in [0.25, 0.3) is 5.91 Å². The zero-order valence-electron chi connectivity index (χ0n) is 17.3. The highest BCUT2D eigenvalue weighted by Gasteiger charge is 2.12. The fourth-order valence-electron chi connectivity index (χ4n) is 2.85. The lowest BCUT2D eigenvalue weighted by atomic mass is 10.1. The molecular formula is C20H35N5O. The van der Waals surface area contributed by atoms with E-state index in [1.807, 2.05) is 24.3 Å². The van der Waals surface area contributed by atoms with Crippen molar-refractivity contribution in [3.05, 3.63) is 35.4 Å². The quantitative estimate of drug-likeness (QED) is 0.550. The highest BCUT2D eigenvalue weighted by atomic mass is 16.2. The number of nitrogens with zero attached hydrogens (tertiary/aromatic N) is 3. The van der Waals surface area contributed by atoms with Crippen molar-refractivity contribution in [3.63, 3.8) is 0 Å². The van der Waals surface area contributed by atoms with E-state index in [2.05, 4.69) is 48.2 Å². The lowest BCUT2D eigenvalue weighted by Crippen LogP contribution is -2.45. The van der Waals surface area contributed by atoms with Crippen molar-refractivity contribution >= 4 is 11.9 Å². The van der Waals surface area contributed by atoms with E-state index in [-0.39, 0.29) is 5.91 Å². The molecule has 0 spiro atoms. The van der Waals surface area contributed by atoms with E-state index in [4.69, 9.17) is 0 Å². The summed E-state index contributed by atoms with van der Waals surface area (Å²) in [6.45, 7) is 11.4. The van der Waals surface area contributed by atoms with Crippen LogP contribution in [0.3, 0.4) is 0 Å². The van der Waals surface area contributed by atoms with E-state index < -0.39 is 0 Å². The van der Waals surface area contributed by atoms with Crippen LogP contribution < -0.4 is 10.6 Å². The third kappa shape index (κ3) is 7.04. The van der Waals surface area contributed by atoms with Crippen molar-refractivity contribution in [1.29, 1.82) is 0 Å². The first-order chi connectivity index (χ1) is 12.3. The fraction of sp³-hybridized carbons (Fsp3) is 0.600. The molecule has 0 radical (unpaired) electrons. The Kier molecular flexibility index (Phi) is 9.13. The number of amides is 1. The molecule has 0 aliphatic carbocycles. The topological polar surface area (TPSA) is 60.0 Å². The van der Waals surface area contributed by atoms with Gasteiger partial charge in [-0.3, -0.25) is 14.7 Å². The van der Waals surface area contributed by atoms with Crippen molar-refractivity contribution in [1.82, 2.24) is 20.4 Å². The maximum atomic E-state index is 11.9. The van der Waals surface area contributed by atoms with Crippen LogP contribution in [0.1, 0.15) is 43.6 Å². The van der Waals surface area contributed by atoms with Crippen LogP contribution in [0, 0.1) is 0 Å². The number of hydrogen-bond acceptors (Lipinski definition) is 3. The first-order valence-electron chi connectivity index (χ1n) is 9.27. The smallest absolute Gasteiger partial charge is 0.253 e. The SMILES string of the molecule is CN=C(NCCN(C(C)C)C(C)C)NCc1ccc(C(=O)N(C)C)cc1. The van der Waals surface area contributed by atoms with Gasteiger partial charge in [-0.05, 0) is 45.4 Å². The summed E-state index contributed by atoms with van der Waals surface area (Å²) in [5, 5.41) is 6.68. The second-order valence-corrected chi connectivity index (χ2v) is 7.17. The minimum absolute atomic E-state index is 0.0156. The zero-order chi connectivity index (χ0) is 19.7. The van der Waals surface area contributed by atoms with E-state index in [1.54, 1.807) is 26.0 Å². The Balaban J connectivity index is 2.48. The third-order valence-electron chi connectivity index (χ3n) is 4.28. The molecule has 2 N–H and O–H groups in total. The molecule has 146 valence electrons. The predicted octanol–water partition coefficient (Wildman–Crippen LogP) is 2.17. The number of benzene rings is 1. The Hall–Kier alpha value is -2.08. The van der Waals surface area contributed by atoms with E-state index in [0.29, 0.717) is 24.2 Å². The molecule has 1 aromatic carbocycles. The Morgan fingerprint density at radius 2 is 1.62 bits per heavy atom. The molecule has 0 fully saturated rings. The van der Waals surface area contributed by atoms with Crippen LogP contribution in [-0.4, -0.2) is 68.0 Å². The number of rotatable bonds is 8. The number of carbonyl (C=O) groups excluding carboxylic acids is 1. The Morgan fingerprint density at radius 3 is 2.08 bits per heavy atom. The third-order valence-corrected chi connectivity index (χ3v) is 4.28. The summed E-state index contributed by atoms with van der Waals surface area (Å²) in [6, 6.07) is 8.70. The van der Waals surface area contributed by atoms with Gasteiger partial charge in [0.15, 0.2) is 5.96 Å². The normalized spacial score (nSPS) is 12.0. The van der Waals surface area contributed by atoms with Gasteiger partial charge >= 0.3 is 0 Å². The molecule has 0 saturated heterocycles. The second kappa shape index (κ2) is 10.8. The molecule has 1 amide bonds. The number of hydrogen-bond donors (Lipinski definition) is 2. The molecule has 0 aromatic heterocycles. The molecule has 6 heteroatoms. The molecule has 6 nitrogen and oxygen atoms in total. The van der Waals surface area contributed by atoms with E-state index in [9.17, 15) is 4.79 Å². The van der Waals surface area contributed by atoms with Gasteiger partial charge in [0.1, 0.15) is 0 Å². The lowest BCUT2D eigenvalue weighted by molar-refractivity contribution is 0.0827. The molecule has 0 aliphatic rings. The molecule has 0 heterocycles. The van der Waals surface area contributed by atoms with Crippen molar-refractivity contribution in [2.75, 3.05) is 34.2 Å². The number of nitrogens with one attached hydrogen (secondary N) is 2. The number of guanidine groups is 1. The molecule has 26 heavy (non-hydrogen) atoms. The van der Waals surface area contributed by atoms with E-state index >= 15 is 0 Å². The highest BCUT2D eigenvalue weighted by molar-refractivity contribution is 5.93. The minimum atomic E-state index is 0.0156. The van der Waals surface area contributed by atoms with Crippen molar-refractivity contribution in [3.8, 4) is 0 Å². The fourth-order valence-corrected chi connectivity index (χ4v) is 2.85. The summed E-state index contributed by atoms with van der Waals surface area (Å²) in [7, 11) is 5.29. The first-order valence-corrected chi connectivity index (χ1v) is 9.27. The van der Waals surface area contributed by atoms with Gasteiger partial charge < -0.3 is 15.5 Å². The average Bonchev–Trinajstić information content (AvgIpc) is 2.60. The van der Waals surface area contributed by atoms with Gasteiger partial charge in [0.05, 0.1) is 0 Å². The van der Waals surface area contributed by atoms with Crippen LogP contribution in [0.4, 0.5) is 0 Å². The van der Waals surface area contributed by atoms with Gasteiger partial charge in [-0.2, -0.15) is 0 Å². The lowest BCUT2D eigenvalue weighted by Gasteiger charge is -2.30. The molecule has 0 aliphatic heterocycles. The molecular weight excluding hydrogens is 326 g/mol. The Bertz CT molecular complexity index is 570. The highest BCUT2D eigenvalue weighted by Crippen LogP contribution is 2.06. The molecule has 0 unspecified atom stereocenters. The molecule has 0 atom stereocenters. The maximum absolute atomic E-state index is 11.9. The number of aliphatic imine (C=N–C) groups is 1. The number of carbonyl (C=O) groups is 1. The Labute approximate surface area is 158 Å². The monoisotopic (exact) mass is 361 g/mol. The zero-order valence-corrected chi connectivity index (χ0v) is 17.3. The van der Waals surface area contributed by atoms with Crippen LogP contribution in [-0.2, 0) is 6.54 Å². The van der Waals surface area contributed by atoms with Crippen molar-refractivity contribution < 1.29 is 4.79 Å². The van der Waals surface area contributed by atoms with Crippen LogP contribution in [0.25, 0.3) is 0 Å². The van der Waals surface area contributed by atoms with E-state index in [0.717, 1.165) is 24.6 Å². The van der Waals surface area contributed by atoms with E-state index in [1.165, 1.54) is 0 Å². The summed E-state index contributed by atoms with van der Waals surface area (Å²) in [5.74, 6) is 0.799. The molecule has 0 saturated carbocycles. The summed E-state index contributed by atoms with van der Waals surface area (Å²) < 4.78 is 0.